The van der Waals surface area contributed by atoms with Gasteiger partial charge < -0.3 is 25.8 Å². The summed E-state index contributed by atoms with van der Waals surface area (Å²) in [5.41, 5.74) is 7.88. The van der Waals surface area contributed by atoms with Crippen LogP contribution in [0, 0.1) is 6.92 Å². The van der Waals surface area contributed by atoms with Crippen LogP contribution in [0.15, 0.2) is 47.4 Å². The molecule has 5 unspecified atom stereocenters. The SMILES string of the molecule is Cc1ccc(CC2C(=O)N(C(C)C)CC3N(Sc4ccc(Cl)cc4Cl)CC(NC(=O)C4CCCN4C(=O)C(C)N)C(=O)N23)cc1. The fourth-order valence-corrected chi connectivity index (χ4v) is 7.83. The summed E-state index contributed by atoms with van der Waals surface area (Å²) in [5.74, 6) is -1.17. The highest BCUT2D eigenvalue weighted by atomic mass is 35.5. The molecule has 4 amide bonds. The molecule has 0 aliphatic carbocycles. The zero-order valence-corrected chi connectivity index (χ0v) is 28.2. The fourth-order valence-electron chi connectivity index (χ4n) is 6.27. The first-order chi connectivity index (χ1) is 21.3. The predicted octanol–water partition coefficient (Wildman–Crippen LogP) is 3.46. The molecule has 13 heteroatoms. The molecule has 0 aromatic heterocycles. The maximum atomic E-state index is 14.4. The molecule has 0 spiro atoms. The summed E-state index contributed by atoms with van der Waals surface area (Å²) in [6.45, 7) is 8.42. The van der Waals surface area contributed by atoms with Crippen molar-refractivity contribution in [2.45, 2.75) is 88.2 Å². The molecule has 2 aromatic rings. The molecule has 3 fully saturated rings. The number of hydrogen-bond acceptors (Lipinski definition) is 7. The Morgan fingerprint density at radius 3 is 2.40 bits per heavy atom. The number of nitrogens with one attached hydrogen (secondary N) is 1. The molecule has 3 N–H and O–H groups in total. The molecule has 0 saturated carbocycles. The van der Waals surface area contributed by atoms with Gasteiger partial charge in [-0.05, 0) is 76.2 Å². The van der Waals surface area contributed by atoms with Crippen molar-refractivity contribution in [2.24, 2.45) is 5.73 Å². The summed E-state index contributed by atoms with van der Waals surface area (Å²) in [6, 6.07) is 9.86. The Hall–Kier alpha value is -2.83. The number of aryl methyl sites for hydroxylation is 1. The third-order valence-electron chi connectivity index (χ3n) is 8.66. The Kier molecular flexibility index (Phi) is 10.3. The van der Waals surface area contributed by atoms with Crippen molar-refractivity contribution in [1.82, 2.24) is 24.3 Å². The number of carbonyl (C=O) groups is 4. The van der Waals surface area contributed by atoms with Crippen LogP contribution in [0.5, 0.6) is 0 Å². The lowest BCUT2D eigenvalue weighted by molar-refractivity contribution is -0.168. The lowest BCUT2D eigenvalue weighted by Crippen LogP contribution is -2.75. The third kappa shape index (κ3) is 7.12. The normalized spacial score (nSPS) is 24.7. The second-order valence-electron chi connectivity index (χ2n) is 12.3. The van der Waals surface area contributed by atoms with Crippen LogP contribution in [-0.4, -0.2) is 98.6 Å². The molecule has 0 bridgehead atoms. The zero-order chi connectivity index (χ0) is 32.6. The second-order valence-corrected chi connectivity index (χ2v) is 14.3. The number of benzene rings is 2. The van der Waals surface area contributed by atoms with Crippen molar-refractivity contribution in [3.05, 3.63) is 63.6 Å². The quantitative estimate of drug-likeness (QED) is 0.412. The van der Waals surface area contributed by atoms with Crippen LogP contribution < -0.4 is 11.1 Å². The first kappa shape index (κ1) is 33.5. The topological polar surface area (TPSA) is 119 Å². The first-order valence-electron chi connectivity index (χ1n) is 15.3. The van der Waals surface area contributed by atoms with E-state index in [0.29, 0.717) is 42.4 Å². The third-order valence-corrected chi connectivity index (χ3v) is 10.5. The highest BCUT2D eigenvalue weighted by molar-refractivity contribution is 7.97. The van der Waals surface area contributed by atoms with Crippen molar-refractivity contribution >= 4 is 58.8 Å². The van der Waals surface area contributed by atoms with Gasteiger partial charge in [0.15, 0.2) is 0 Å². The Labute approximate surface area is 278 Å². The molecule has 45 heavy (non-hydrogen) atoms. The van der Waals surface area contributed by atoms with Crippen LogP contribution in [0.2, 0.25) is 10.0 Å². The van der Waals surface area contributed by atoms with E-state index in [9.17, 15) is 19.2 Å². The number of nitrogens with zero attached hydrogens (tertiary/aromatic N) is 4. The Balaban J connectivity index is 1.50. The van der Waals surface area contributed by atoms with Gasteiger partial charge in [-0.15, -0.1) is 0 Å². The molecule has 5 rings (SSSR count). The van der Waals surface area contributed by atoms with E-state index in [1.807, 2.05) is 60.3 Å². The molecule has 3 aliphatic rings. The van der Waals surface area contributed by atoms with Crippen LogP contribution in [-0.2, 0) is 25.6 Å². The van der Waals surface area contributed by atoms with Gasteiger partial charge in [-0.1, -0.05) is 53.0 Å². The van der Waals surface area contributed by atoms with Crippen molar-refractivity contribution in [3.8, 4) is 0 Å². The van der Waals surface area contributed by atoms with Crippen molar-refractivity contribution in [2.75, 3.05) is 19.6 Å². The van der Waals surface area contributed by atoms with Crippen LogP contribution in [0.4, 0.5) is 0 Å². The summed E-state index contributed by atoms with van der Waals surface area (Å²) >= 11 is 14.1. The standard InChI is InChI=1S/C32H40Cl2N6O4S/c1-18(2)38-17-28-39(45-27-12-11-22(33)15-23(27)34)16-24(36-29(41)25-6-5-13-37(25)30(42)20(4)35)31(43)40(28)26(32(38)44)14-21-9-7-19(3)8-10-21/h7-12,15,18,20,24-26,28H,5-6,13-14,16-17,35H2,1-4H3,(H,36,41). The minimum atomic E-state index is -0.959. The number of halogens is 2. The maximum absolute atomic E-state index is 14.4. The minimum Gasteiger partial charge on any atom is -0.341 e. The van der Waals surface area contributed by atoms with Gasteiger partial charge in [0.05, 0.1) is 17.6 Å². The first-order valence-corrected chi connectivity index (χ1v) is 16.8. The highest BCUT2D eigenvalue weighted by Gasteiger charge is 2.52. The lowest BCUT2D eigenvalue weighted by Gasteiger charge is -2.54. The van der Waals surface area contributed by atoms with Gasteiger partial charge in [0.1, 0.15) is 24.3 Å². The molecular weight excluding hydrogens is 635 g/mol. The van der Waals surface area contributed by atoms with E-state index < -0.39 is 36.2 Å². The molecule has 3 aliphatic heterocycles. The molecule has 2 aromatic carbocycles. The monoisotopic (exact) mass is 674 g/mol. The van der Waals surface area contributed by atoms with Crippen LogP contribution in [0.3, 0.4) is 0 Å². The average molecular weight is 676 g/mol. The Morgan fingerprint density at radius 1 is 1.04 bits per heavy atom. The number of fused-ring (bicyclic) bond motifs is 1. The molecule has 0 radical (unpaired) electrons. The van der Waals surface area contributed by atoms with E-state index in [1.165, 1.54) is 16.8 Å². The number of likely N-dealkylation sites (tertiary alicyclic amines) is 1. The molecule has 3 heterocycles. The van der Waals surface area contributed by atoms with Gasteiger partial charge in [-0.2, -0.15) is 0 Å². The number of amides is 4. The van der Waals surface area contributed by atoms with Gasteiger partial charge in [0.2, 0.25) is 23.6 Å². The van der Waals surface area contributed by atoms with E-state index in [1.54, 1.807) is 24.0 Å². The van der Waals surface area contributed by atoms with Gasteiger partial charge in [-0.25, -0.2) is 4.31 Å². The fraction of sp³-hybridized carbons (Fsp3) is 0.500. The van der Waals surface area contributed by atoms with E-state index in [4.69, 9.17) is 28.9 Å². The molecule has 10 nitrogen and oxygen atoms in total. The van der Waals surface area contributed by atoms with Crippen LogP contribution >= 0.6 is 35.1 Å². The lowest BCUT2D eigenvalue weighted by atomic mass is 9.96. The second kappa shape index (κ2) is 13.9. The summed E-state index contributed by atoms with van der Waals surface area (Å²) in [5, 5.41) is 3.90. The van der Waals surface area contributed by atoms with Gasteiger partial charge in [-0.3, -0.25) is 19.2 Å². The number of rotatable bonds is 8. The average Bonchev–Trinajstić information content (AvgIpc) is 3.48. The van der Waals surface area contributed by atoms with Crippen molar-refractivity contribution < 1.29 is 19.2 Å². The smallest absolute Gasteiger partial charge is 0.248 e. The Morgan fingerprint density at radius 2 is 1.76 bits per heavy atom. The minimum absolute atomic E-state index is 0.0884. The van der Waals surface area contributed by atoms with E-state index in [0.717, 1.165) is 16.0 Å². The van der Waals surface area contributed by atoms with Gasteiger partial charge in [0.25, 0.3) is 0 Å². The number of piperazine rings is 1. The Bertz CT molecular complexity index is 1460. The van der Waals surface area contributed by atoms with Crippen LogP contribution in [0.25, 0.3) is 0 Å². The van der Waals surface area contributed by atoms with Crippen molar-refractivity contribution in [1.29, 1.82) is 0 Å². The van der Waals surface area contributed by atoms with Gasteiger partial charge in [0, 0.05) is 35.5 Å². The number of nitrogens with two attached hydrogens (primary N) is 1. The van der Waals surface area contributed by atoms with E-state index in [-0.39, 0.29) is 30.3 Å². The summed E-state index contributed by atoms with van der Waals surface area (Å²) in [7, 11) is 0. The van der Waals surface area contributed by atoms with Gasteiger partial charge >= 0.3 is 0 Å². The molecule has 242 valence electrons. The summed E-state index contributed by atoms with van der Waals surface area (Å²) < 4.78 is 2.02. The zero-order valence-electron chi connectivity index (χ0n) is 25.9. The largest absolute Gasteiger partial charge is 0.341 e. The van der Waals surface area contributed by atoms with Crippen molar-refractivity contribution in [3.63, 3.8) is 0 Å². The highest BCUT2D eigenvalue weighted by Crippen LogP contribution is 2.38. The predicted molar refractivity (Wildman–Crippen MR) is 175 cm³/mol. The van der Waals surface area contributed by atoms with E-state index >= 15 is 0 Å². The van der Waals surface area contributed by atoms with E-state index in [2.05, 4.69) is 5.32 Å². The molecular formula is C32H40Cl2N6O4S. The number of hydrogen-bond donors (Lipinski definition) is 2. The summed E-state index contributed by atoms with van der Waals surface area (Å²) in [4.78, 5) is 60.5. The number of carbonyl (C=O) groups excluding carboxylic acids is 4. The van der Waals surface area contributed by atoms with Crippen LogP contribution in [0.1, 0.15) is 44.7 Å². The molecule has 3 saturated heterocycles. The maximum Gasteiger partial charge on any atom is 0.248 e. The summed E-state index contributed by atoms with van der Waals surface area (Å²) in [6.07, 6.45) is 0.984. The molecule has 5 atom stereocenters.